The lowest BCUT2D eigenvalue weighted by Gasteiger charge is -2.40. The van der Waals surface area contributed by atoms with Gasteiger partial charge < -0.3 is 33.3 Å². The third-order valence-electron chi connectivity index (χ3n) is 9.71. The summed E-state index contributed by atoms with van der Waals surface area (Å²) in [4.78, 5) is 15.9. The van der Waals surface area contributed by atoms with Crippen LogP contribution in [0.25, 0.3) is 22.5 Å². The number of likely N-dealkylation sites (tertiary alicyclic amines) is 1. The Morgan fingerprint density at radius 3 is 1.71 bits per heavy atom. The van der Waals surface area contributed by atoms with E-state index in [-0.39, 0.29) is 37.2 Å². The molecular weight excluding hydrogens is 795 g/mol. The summed E-state index contributed by atoms with van der Waals surface area (Å²) >= 11 is 1.77. The molecule has 2 aromatic heterocycles. The van der Waals surface area contributed by atoms with Gasteiger partial charge in [0.25, 0.3) is 0 Å². The molecule has 6 rings (SSSR count). The molecule has 0 N–H and O–H groups in total. The van der Waals surface area contributed by atoms with E-state index in [4.69, 9.17) is 33.4 Å². The molecule has 0 bridgehead atoms. The van der Waals surface area contributed by atoms with Crippen LogP contribution in [0.3, 0.4) is 0 Å². The van der Waals surface area contributed by atoms with Crippen molar-refractivity contribution in [1.82, 2.24) is 14.9 Å². The molecule has 302 valence electrons. The van der Waals surface area contributed by atoms with Crippen LogP contribution in [0.4, 0.5) is 5.69 Å². The van der Waals surface area contributed by atoms with Gasteiger partial charge in [-0.15, -0.1) is 49.0 Å². The molecule has 0 aliphatic carbocycles. The summed E-state index contributed by atoms with van der Waals surface area (Å²) in [5.41, 5.74) is 7.09. The molecule has 0 amide bonds. The predicted molar refractivity (Wildman–Crippen MR) is 233 cm³/mol. The van der Waals surface area contributed by atoms with Gasteiger partial charge in [0.1, 0.15) is 0 Å². The highest BCUT2D eigenvalue weighted by atomic mass is 35.5. The first kappa shape index (κ1) is 46.1. The van der Waals surface area contributed by atoms with Gasteiger partial charge in [0.15, 0.2) is 23.0 Å². The summed E-state index contributed by atoms with van der Waals surface area (Å²) in [5.74, 6) is 3.54. The van der Waals surface area contributed by atoms with Gasteiger partial charge in [-0.2, -0.15) is 0 Å². The number of methoxy groups -OCH3 is 6. The van der Waals surface area contributed by atoms with E-state index in [0.717, 1.165) is 67.1 Å². The van der Waals surface area contributed by atoms with Crippen LogP contribution < -0.4 is 33.3 Å². The molecule has 0 radical (unpaired) electrons. The number of halogens is 3. The first-order chi connectivity index (χ1) is 25.9. The zero-order valence-electron chi connectivity index (χ0n) is 32.8. The average Bonchev–Trinajstić information content (AvgIpc) is 3.22. The molecule has 0 atom stereocenters. The Labute approximate surface area is 353 Å². The van der Waals surface area contributed by atoms with Crippen LogP contribution in [0.2, 0.25) is 0 Å². The van der Waals surface area contributed by atoms with E-state index in [1.54, 1.807) is 54.4 Å². The first-order valence-electron chi connectivity index (χ1n) is 17.6. The first-order valence-corrected chi connectivity index (χ1v) is 18.8. The van der Waals surface area contributed by atoms with Crippen molar-refractivity contribution in [2.45, 2.75) is 36.9 Å². The van der Waals surface area contributed by atoms with E-state index in [1.165, 1.54) is 16.1 Å². The molecule has 1 aliphatic heterocycles. The van der Waals surface area contributed by atoms with Crippen molar-refractivity contribution in [1.29, 1.82) is 0 Å². The molecule has 1 saturated heterocycles. The lowest BCUT2D eigenvalue weighted by molar-refractivity contribution is 0.201. The van der Waals surface area contributed by atoms with Crippen molar-refractivity contribution < 1.29 is 28.4 Å². The third kappa shape index (κ3) is 10.6. The number of nitrogens with zero attached hydrogens (tertiary/aromatic N) is 4. The highest BCUT2D eigenvalue weighted by Crippen LogP contribution is 2.42. The Bertz CT molecular complexity index is 1950. The van der Waals surface area contributed by atoms with Crippen LogP contribution in [-0.4, -0.2) is 82.9 Å². The van der Waals surface area contributed by atoms with E-state index < -0.39 is 0 Å². The van der Waals surface area contributed by atoms with Crippen LogP contribution >= 0.6 is 49.0 Å². The average molecular weight is 846 g/mol. The van der Waals surface area contributed by atoms with Crippen molar-refractivity contribution in [2.75, 3.05) is 66.9 Å². The molecule has 3 aromatic carbocycles. The number of benzene rings is 3. The summed E-state index contributed by atoms with van der Waals surface area (Å²) < 4.78 is 33.4. The highest BCUT2D eigenvalue weighted by Gasteiger charge is 2.26. The number of pyridine rings is 2. The fourth-order valence-electron chi connectivity index (χ4n) is 6.94. The van der Waals surface area contributed by atoms with E-state index >= 15 is 0 Å². The highest BCUT2D eigenvalue weighted by molar-refractivity contribution is 7.98. The quantitative estimate of drug-likeness (QED) is 0.0945. The lowest BCUT2D eigenvalue weighted by Crippen LogP contribution is -2.44. The minimum absolute atomic E-state index is 0. The number of aromatic nitrogens is 2. The van der Waals surface area contributed by atoms with Crippen molar-refractivity contribution in [3.63, 3.8) is 0 Å². The summed E-state index contributed by atoms with van der Waals surface area (Å²) in [5, 5.41) is 0. The molecule has 5 aromatic rings. The zero-order valence-corrected chi connectivity index (χ0v) is 36.0. The Balaban J connectivity index is 0.00000280. The molecule has 0 unspecified atom stereocenters. The van der Waals surface area contributed by atoms with Gasteiger partial charge in [-0.3, -0.25) is 14.9 Å². The maximum absolute atomic E-state index is 5.59. The molecule has 0 spiro atoms. The van der Waals surface area contributed by atoms with Gasteiger partial charge in [0.2, 0.25) is 11.5 Å². The van der Waals surface area contributed by atoms with Crippen LogP contribution in [0.1, 0.15) is 24.0 Å². The number of anilines is 1. The fourth-order valence-corrected chi connectivity index (χ4v) is 7.39. The van der Waals surface area contributed by atoms with Crippen molar-refractivity contribution >= 4 is 54.7 Å². The fraction of sp³-hybridized carbons (Fsp3) is 0.333. The van der Waals surface area contributed by atoms with Gasteiger partial charge in [-0.05, 0) is 90.9 Å². The number of rotatable bonds is 15. The van der Waals surface area contributed by atoms with Gasteiger partial charge in [-0.25, -0.2) is 0 Å². The van der Waals surface area contributed by atoms with Gasteiger partial charge in [-0.1, -0.05) is 12.1 Å². The van der Waals surface area contributed by atoms with Crippen LogP contribution in [0.5, 0.6) is 34.5 Å². The summed E-state index contributed by atoms with van der Waals surface area (Å²) in [6.07, 6.45) is 8.08. The number of thioether (sulfide) groups is 1. The molecule has 56 heavy (non-hydrogen) atoms. The largest absolute Gasteiger partial charge is 0.493 e. The molecule has 10 nitrogen and oxygen atoms in total. The van der Waals surface area contributed by atoms with E-state index in [1.807, 2.05) is 36.7 Å². The second kappa shape index (κ2) is 21.9. The Morgan fingerprint density at radius 2 is 1.21 bits per heavy atom. The number of ether oxygens (including phenoxy) is 6. The Hall–Kier alpha value is -4.26. The Morgan fingerprint density at radius 1 is 0.643 bits per heavy atom. The normalized spacial score (nSPS) is 12.6. The van der Waals surface area contributed by atoms with Gasteiger partial charge in [0.05, 0.1) is 54.0 Å². The van der Waals surface area contributed by atoms with E-state index in [9.17, 15) is 0 Å². The van der Waals surface area contributed by atoms with Crippen LogP contribution in [-0.2, 0) is 13.1 Å². The monoisotopic (exact) mass is 844 g/mol. The molecule has 0 saturated carbocycles. The zero-order chi connectivity index (χ0) is 37.3. The Kier molecular flexibility index (Phi) is 18.0. The third-order valence-corrected chi connectivity index (χ3v) is 10.4. The number of piperidine rings is 1. The van der Waals surface area contributed by atoms with E-state index in [2.05, 4.69) is 69.6 Å². The maximum atomic E-state index is 5.59. The summed E-state index contributed by atoms with van der Waals surface area (Å²) in [6, 6.07) is 25.5. The second-order valence-corrected chi connectivity index (χ2v) is 13.6. The molecular formula is C42H51Cl3N4O6S. The van der Waals surface area contributed by atoms with Crippen molar-refractivity contribution in [3.05, 3.63) is 96.3 Å². The van der Waals surface area contributed by atoms with Gasteiger partial charge in [0, 0.05) is 66.3 Å². The maximum Gasteiger partial charge on any atom is 0.203 e. The molecule has 1 fully saturated rings. The summed E-state index contributed by atoms with van der Waals surface area (Å²) in [7, 11) is 9.71. The SMILES string of the molecule is COc1cc(-c2ccc(CN(c3cccc(SC)c3)C3CCN(Cc4ccnc(-c5cc(OC)c(OC)c(OC)c5)c4)CC3)cn2)cc(OC)c1OC.Cl.Cl.Cl. The summed E-state index contributed by atoms with van der Waals surface area (Å²) in [6.45, 7) is 3.58. The minimum atomic E-state index is 0. The van der Waals surface area contributed by atoms with Crippen LogP contribution in [0.15, 0.2) is 90.1 Å². The predicted octanol–water partition coefficient (Wildman–Crippen LogP) is 9.52. The molecule has 1 aliphatic rings. The molecule has 3 heterocycles. The minimum Gasteiger partial charge on any atom is -0.493 e. The molecule has 14 heteroatoms. The van der Waals surface area contributed by atoms with Crippen molar-refractivity contribution in [2.24, 2.45) is 0 Å². The van der Waals surface area contributed by atoms with E-state index in [0.29, 0.717) is 40.5 Å². The standard InChI is InChI=1S/C42H48N4O6S.3ClH/c1-47-37-20-30(21-38(48-2)41(37)51-5)35-12-11-29(25-44-35)27-46(33-9-8-10-34(24-33)53-7)32-14-17-45(18-15-32)26-28-13-16-43-36(19-28)31-22-39(49-3)42(52-6)40(23-31)50-4;;;/h8-13,16,19-25,32H,14-15,17-18,26-27H2,1-7H3;3*1H. The smallest absolute Gasteiger partial charge is 0.203 e. The number of hydrogen-bond acceptors (Lipinski definition) is 11. The second-order valence-electron chi connectivity index (χ2n) is 12.8. The number of hydrogen-bond donors (Lipinski definition) is 0. The van der Waals surface area contributed by atoms with Crippen LogP contribution in [0, 0.1) is 0 Å². The van der Waals surface area contributed by atoms with Crippen molar-refractivity contribution in [3.8, 4) is 57.0 Å². The topological polar surface area (TPSA) is 87.6 Å². The van der Waals surface area contributed by atoms with Gasteiger partial charge >= 0.3 is 0 Å². The lowest BCUT2D eigenvalue weighted by atomic mass is 10.00.